The topological polar surface area (TPSA) is 53.6 Å². The van der Waals surface area contributed by atoms with Crippen LogP contribution in [-0.2, 0) is 6.54 Å². The number of carbonyl (C=O) groups is 1. The molecule has 1 aliphatic heterocycles. The highest BCUT2D eigenvalue weighted by Gasteiger charge is 2.20. The van der Waals surface area contributed by atoms with Crippen molar-refractivity contribution < 1.29 is 9.53 Å². The number of urea groups is 1. The largest absolute Gasteiger partial charge is 0.492 e. The third-order valence-electron chi connectivity index (χ3n) is 4.93. The molecule has 0 atom stereocenters. The third-order valence-corrected chi connectivity index (χ3v) is 5.72. The van der Waals surface area contributed by atoms with Crippen molar-refractivity contribution >= 4 is 33.6 Å². The van der Waals surface area contributed by atoms with Gasteiger partial charge in [0.1, 0.15) is 5.75 Å². The zero-order valence-electron chi connectivity index (χ0n) is 16.4. The molecule has 3 rings (SSSR count). The van der Waals surface area contributed by atoms with E-state index in [2.05, 4.69) is 55.7 Å². The van der Waals surface area contributed by atoms with E-state index in [1.165, 1.54) is 5.56 Å². The Hall–Kier alpha value is -1.76. The number of ether oxygens (including phenoxy) is 1. The van der Waals surface area contributed by atoms with Crippen LogP contribution in [0.1, 0.15) is 24.8 Å². The predicted octanol–water partition coefficient (Wildman–Crippen LogP) is 4.84. The molecule has 7 heteroatoms. The fourth-order valence-corrected chi connectivity index (χ4v) is 4.09. The van der Waals surface area contributed by atoms with Gasteiger partial charge < -0.3 is 15.4 Å². The Morgan fingerprint density at radius 3 is 2.66 bits per heavy atom. The molecule has 1 saturated heterocycles. The molecule has 0 aromatic heterocycles. The number of amides is 2. The van der Waals surface area contributed by atoms with Gasteiger partial charge in [-0.05, 0) is 43.0 Å². The standard InChI is InChI=1S/C22H27BrClN3O2/c23-18-7-8-21(20(24)15-18)29-14-4-11-25-22(28)26-19-9-12-27(13-10-19)16-17-5-2-1-3-6-17/h1-3,5-8,15,19H,4,9-14,16H2,(H2,25,26,28). The summed E-state index contributed by atoms with van der Waals surface area (Å²) in [7, 11) is 0. The van der Waals surface area contributed by atoms with Crippen LogP contribution in [0.2, 0.25) is 5.02 Å². The van der Waals surface area contributed by atoms with E-state index in [-0.39, 0.29) is 12.1 Å². The maximum Gasteiger partial charge on any atom is 0.315 e. The molecule has 5 nitrogen and oxygen atoms in total. The second-order valence-electron chi connectivity index (χ2n) is 7.21. The van der Waals surface area contributed by atoms with Crippen molar-refractivity contribution in [2.24, 2.45) is 0 Å². The predicted molar refractivity (Wildman–Crippen MR) is 121 cm³/mol. The van der Waals surface area contributed by atoms with E-state index in [0.29, 0.717) is 23.9 Å². The highest BCUT2D eigenvalue weighted by Crippen LogP contribution is 2.27. The summed E-state index contributed by atoms with van der Waals surface area (Å²) in [4.78, 5) is 14.5. The molecule has 1 aliphatic rings. The van der Waals surface area contributed by atoms with Gasteiger partial charge in [0, 0.05) is 36.7 Å². The molecular weight excluding hydrogens is 454 g/mol. The number of piperidine rings is 1. The van der Waals surface area contributed by atoms with E-state index < -0.39 is 0 Å². The monoisotopic (exact) mass is 479 g/mol. The van der Waals surface area contributed by atoms with E-state index in [4.69, 9.17) is 16.3 Å². The molecule has 2 amide bonds. The molecule has 1 fully saturated rings. The highest BCUT2D eigenvalue weighted by molar-refractivity contribution is 9.10. The lowest BCUT2D eigenvalue weighted by Crippen LogP contribution is -2.47. The molecule has 0 spiro atoms. The second kappa shape index (κ2) is 11.4. The zero-order valence-corrected chi connectivity index (χ0v) is 18.7. The van der Waals surface area contributed by atoms with Crippen LogP contribution >= 0.6 is 27.5 Å². The van der Waals surface area contributed by atoms with Crippen LogP contribution < -0.4 is 15.4 Å². The minimum absolute atomic E-state index is 0.104. The van der Waals surface area contributed by atoms with Crippen molar-refractivity contribution in [3.05, 3.63) is 63.6 Å². The summed E-state index contributed by atoms with van der Waals surface area (Å²) < 4.78 is 6.57. The number of nitrogens with zero attached hydrogens (tertiary/aromatic N) is 1. The fraction of sp³-hybridized carbons (Fsp3) is 0.409. The molecule has 156 valence electrons. The van der Waals surface area contributed by atoms with Crippen LogP contribution in [0.25, 0.3) is 0 Å². The van der Waals surface area contributed by atoms with Gasteiger partial charge in [0.15, 0.2) is 0 Å². The number of nitrogens with one attached hydrogen (secondary N) is 2. The second-order valence-corrected chi connectivity index (χ2v) is 8.54. The molecule has 29 heavy (non-hydrogen) atoms. The van der Waals surface area contributed by atoms with E-state index in [1.54, 1.807) is 6.07 Å². The normalized spacial score (nSPS) is 15.1. The smallest absolute Gasteiger partial charge is 0.315 e. The molecule has 2 N–H and O–H groups in total. The van der Waals surface area contributed by atoms with Crippen LogP contribution in [0.15, 0.2) is 53.0 Å². The molecule has 0 unspecified atom stereocenters. The van der Waals surface area contributed by atoms with Crippen molar-refractivity contribution in [3.63, 3.8) is 0 Å². The number of hydrogen-bond donors (Lipinski definition) is 2. The SMILES string of the molecule is O=C(NCCCOc1ccc(Br)cc1Cl)NC1CCN(Cc2ccccc2)CC1. The minimum atomic E-state index is -0.104. The highest BCUT2D eigenvalue weighted by atomic mass is 79.9. The molecule has 0 radical (unpaired) electrons. The van der Waals surface area contributed by atoms with Crippen molar-refractivity contribution in [1.29, 1.82) is 0 Å². The van der Waals surface area contributed by atoms with Crippen LogP contribution in [-0.4, -0.2) is 43.2 Å². The number of carbonyl (C=O) groups excluding carboxylic acids is 1. The van der Waals surface area contributed by atoms with Gasteiger partial charge >= 0.3 is 6.03 Å². The Balaban J connectivity index is 1.26. The molecule has 0 aliphatic carbocycles. The lowest BCUT2D eigenvalue weighted by Gasteiger charge is -2.32. The first-order valence-corrected chi connectivity index (χ1v) is 11.2. The average Bonchev–Trinajstić information content (AvgIpc) is 2.71. The van der Waals surface area contributed by atoms with Gasteiger partial charge in [-0.2, -0.15) is 0 Å². The van der Waals surface area contributed by atoms with Gasteiger partial charge in [-0.3, -0.25) is 4.90 Å². The molecule has 1 heterocycles. The summed E-state index contributed by atoms with van der Waals surface area (Å²) in [6, 6.07) is 16.2. The lowest BCUT2D eigenvalue weighted by atomic mass is 10.0. The lowest BCUT2D eigenvalue weighted by molar-refractivity contribution is 0.186. The Morgan fingerprint density at radius 2 is 1.93 bits per heavy atom. The van der Waals surface area contributed by atoms with Crippen molar-refractivity contribution in [1.82, 2.24) is 15.5 Å². The molecule has 2 aromatic rings. The van der Waals surface area contributed by atoms with E-state index in [0.717, 1.165) is 43.4 Å². The number of hydrogen-bond acceptors (Lipinski definition) is 3. The molecule has 0 bridgehead atoms. The number of likely N-dealkylation sites (tertiary alicyclic amines) is 1. The van der Waals surface area contributed by atoms with Gasteiger partial charge in [0.2, 0.25) is 0 Å². The van der Waals surface area contributed by atoms with Crippen molar-refractivity contribution in [2.45, 2.75) is 31.8 Å². The van der Waals surface area contributed by atoms with E-state index >= 15 is 0 Å². The summed E-state index contributed by atoms with van der Waals surface area (Å²) in [5, 5.41) is 6.56. The van der Waals surface area contributed by atoms with Gasteiger partial charge in [-0.15, -0.1) is 0 Å². The maximum atomic E-state index is 12.1. The summed E-state index contributed by atoms with van der Waals surface area (Å²) in [5.41, 5.74) is 1.34. The summed E-state index contributed by atoms with van der Waals surface area (Å²) in [5.74, 6) is 0.654. The first-order chi connectivity index (χ1) is 14.1. The minimum Gasteiger partial charge on any atom is -0.492 e. The van der Waals surface area contributed by atoms with Crippen LogP contribution in [0, 0.1) is 0 Å². The van der Waals surface area contributed by atoms with Gasteiger partial charge in [-0.1, -0.05) is 57.9 Å². The quantitative estimate of drug-likeness (QED) is 0.532. The van der Waals surface area contributed by atoms with Gasteiger partial charge in [0.25, 0.3) is 0 Å². The zero-order chi connectivity index (χ0) is 20.5. The summed E-state index contributed by atoms with van der Waals surface area (Å²) >= 11 is 9.49. The Kier molecular flexibility index (Phi) is 8.65. The molecular formula is C22H27BrClN3O2. The molecule has 2 aromatic carbocycles. The van der Waals surface area contributed by atoms with Crippen LogP contribution in [0.3, 0.4) is 0 Å². The van der Waals surface area contributed by atoms with Gasteiger partial charge in [-0.25, -0.2) is 4.79 Å². The van der Waals surface area contributed by atoms with Gasteiger partial charge in [0.05, 0.1) is 11.6 Å². The molecule has 0 saturated carbocycles. The third kappa shape index (κ3) is 7.53. The summed E-state index contributed by atoms with van der Waals surface area (Å²) in [6.07, 6.45) is 2.67. The average molecular weight is 481 g/mol. The maximum absolute atomic E-state index is 12.1. The number of rotatable bonds is 8. The van der Waals surface area contributed by atoms with E-state index in [9.17, 15) is 4.79 Å². The van der Waals surface area contributed by atoms with Crippen molar-refractivity contribution in [3.8, 4) is 5.75 Å². The Labute approximate surface area is 185 Å². The van der Waals surface area contributed by atoms with Crippen molar-refractivity contribution in [2.75, 3.05) is 26.2 Å². The number of halogens is 2. The Bertz CT molecular complexity index is 783. The van der Waals surface area contributed by atoms with Crippen LogP contribution in [0.5, 0.6) is 5.75 Å². The summed E-state index contributed by atoms with van der Waals surface area (Å²) in [6.45, 7) is 4.04. The number of benzene rings is 2. The first kappa shape index (κ1) is 21.9. The fourth-order valence-electron chi connectivity index (χ4n) is 3.36. The van der Waals surface area contributed by atoms with Crippen LogP contribution in [0.4, 0.5) is 4.79 Å². The first-order valence-electron chi connectivity index (χ1n) is 9.98. The Morgan fingerprint density at radius 1 is 1.17 bits per heavy atom. The van der Waals surface area contributed by atoms with E-state index in [1.807, 2.05) is 18.2 Å².